The Labute approximate surface area is 96.7 Å². The molecule has 0 spiro atoms. The molecule has 3 heteroatoms. The molecular formula is C13H21NO2. The predicted molar refractivity (Wildman–Crippen MR) is 66.1 cm³/mol. The molecule has 0 bridgehead atoms. The summed E-state index contributed by atoms with van der Waals surface area (Å²) in [6.45, 7) is 8.55. The van der Waals surface area contributed by atoms with Gasteiger partial charge in [0.2, 0.25) is 0 Å². The molecule has 0 aliphatic heterocycles. The molecule has 0 amide bonds. The first-order chi connectivity index (χ1) is 7.49. The molecule has 0 radical (unpaired) electrons. The predicted octanol–water partition coefficient (Wildman–Crippen LogP) is 2.79. The highest BCUT2D eigenvalue weighted by Gasteiger charge is 2.14. The van der Waals surface area contributed by atoms with Gasteiger partial charge in [-0.3, -0.25) is 9.36 Å². The van der Waals surface area contributed by atoms with Crippen molar-refractivity contribution < 1.29 is 5.11 Å². The van der Waals surface area contributed by atoms with E-state index in [0.29, 0.717) is 6.54 Å². The van der Waals surface area contributed by atoms with E-state index in [1.807, 2.05) is 20.8 Å². The Morgan fingerprint density at radius 3 is 2.56 bits per heavy atom. The van der Waals surface area contributed by atoms with Crippen LogP contribution in [0.5, 0.6) is 5.88 Å². The van der Waals surface area contributed by atoms with Gasteiger partial charge >= 0.3 is 0 Å². The third-order valence-electron chi connectivity index (χ3n) is 2.84. The summed E-state index contributed by atoms with van der Waals surface area (Å²) < 4.78 is 1.48. The lowest BCUT2D eigenvalue weighted by molar-refractivity contribution is 0.399. The molecule has 0 saturated heterocycles. The normalized spacial score (nSPS) is 11.1. The van der Waals surface area contributed by atoms with Crippen LogP contribution in [0.15, 0.2) is 10.9 Å². The number of aromatic nitrogens is 1. The van der Waals surface area contributed by atoms with Crippen molar-refractivity contribution in [3.63, 3.8) is 0 Å². The monoisotopic (exact) mass is 223 g/mol. The highest BCUT2D eigenvalue weighted by atomic mass is 16.3. The second-order valence-electron chi connectivity index (χ2n) is 4.56. The molecule has 0 fully saturated rings. The highest BCUT2D eigenvalue weighted by molar-refractivity contribution is 5.31. The lowest BCUT2D eigenvalue weighted by atomic mass is 10.00. The molecule has 1 aromatic heterocycles. The first-order valence-electron chi connectivity index (χ1n) is 5.92. The molecule has 90 valence electrons. The van der Waals surface area contributed by atoms with Crippen molar-refractivity contribution in [3.05, 3.63) is 27.5 Å². The maximum absolute atomic E-state index is 12.2. The van der Waals surface area contributed by atoms with Crippen LogP contribution in [0, 0.1) is 6.92 Å². The van der Waals surface area contributed by atoms with Gasteiger partial charge in [-0.1, -0.05) is 27.2 Å². The van der Waals surface area contributed by atoms with Gasteiger partial charge in [-0.25, -0.2) is 0 Å². The molecule has 0 atom stereocenters. The van der Waals surface area contributed by atoms with E-state index in [4.69, 9.17) is 0 Å². The molecule has 16 heavy (non-hydrogen) atoms. The van der Waals surface area contributed by atoms with E-state index in [1.165, 1.54) is 4.57 Å². The Balaban J connectivity index is 3.28. The third-order valence-corrected chi connectivity index (χ3v) is 2.84. The minimum atomic E-state index is -0.0408. The van der Waals surface area contributed by atoms with Gasteiger partial charge in [0, 0.05) is 18.2 Å². The zero-order chi connectivity index (χ0) is 12.3. The van der Waals surface area contributed by atoms with Crippen molar-refractivity contribution in [1.82, 2.24) is 4.57 Å². The Hall–Kier alpha value is -1.25. The zero-order valence-electron chi connectivity index (χ0n) is 10.6. The lowest BCUT2D eigenvalue weighted by Gasteiger charge is -2.14. The second-order valence-corrected chi connectivity index (χ2v) is 4.56. The molecule has 1 N–H and O–H groups in total. The van der Waals surface area contributed by atoms with Gasteiger partial charge < -0.3 is 5.11 Å². The van der Waals surface area contributed by atoms with E-state index >= 15 is 0 Å². The van der Waals surface area contributed by atoms with E-state index < -0.39 is 0 Å². The lowest BCUT2D eigenvalue weighted by Crippen LogP contribution is -2.25. The number of hydrogen-bond acceptors (Lipinski definition) is 2. The van der Waals surface area contributed by atoms with Crippen LogP contribution in [0.1, 0.15) is 50.7 Å². The van der Waals surface area contributed by atoms with Crippen molar-refractivity contribution in [2.45, 2.75) is 53.0 Å². The molecule has 1 rings (SSSR count). The number of hydrogen-bond donors (Lipinski definition) is 1. The van der Waals surface area contributed by atoms with Crippen molar-refractivity contribution in [3.8, 4) is 5.88 Å². The van der Waals surface area contributed by atoms with Crippen LogP contribution in [-0.2, 0) is 6.54 Å². The van der Waals surface area contributed by atoms with Crippen molar-refractivity contribution in [1.29, 1.82) is 0 Å². The molecule has 0 aliphatic rings. The Kier molecular flexibility index (Phi) is 4.16. The van der Waals surface area contributed by atoms with E-state index in [0.717, 1.165) is 24.0 Å². The fourth-order valence-corrected chi connectivity index (χ4v) is 2.00. The maximum atomic E-state index is 12.2. The summed E-state index contributed by atoms with van der Waals surface area (Å²) in [5, 5.41) is 9.77. The van der Waals surface area contributed by atoms with Crippen LogP contribution in [0.25, 0.3) is 0 Å². The van der Waals surface area contributed by atoms with Crippen molar-refractivity contribution in [2.75, 3.05) is 0 Å². The van der Waals surface area contributed by atoms with E-state index in [2.05, 4.69) is 6.92 Å². The summed E-state index contributed by atoms with van der Waals surface area (Å²) in [4.78, 5) is 12.2. The summed E-state index contributed by atoms with van der Waals surface area (Å²) in [7, 11) is 0. The van der Waals surface area contributed by atoms with Gasteiger partial charge in [-0.05, 0) is 24.8 Å². The van der Waals surface area contributed by atoms with Gasteiger partial charge in [0.1, 0.15) is 0 Å². The topological polar surface area (TPSA) is 42.2 Å². The van der Waals surface area contributed by atoms with Crippen LogP contribution in [0.4, 0.5) is 0 Å². The molecule has 0 aliphatic carbocycles. The molecule has 0 aromatic carbocycles. The van der Waals surface area contributed by atoms with Crippen LogP contribution in [0.2, 0.25) is 0 Å². The Morgan fingerprint density at radius 2 is 2.06 bits per heavy atom. The fraction of sp³-hybridized carbons (Fsp3) is 0.615. The number of aryl methyl sites for hydroxylation is 1. The van der Waals surface area contributed by atoms with Gasteiger partial charge in [-0.15, -0.1) is 0 Å². The van der Waals surface area contributed by atoms with E-state index in [9.17, 15) is 9.90 Å². The summed E-state index contributed by atoms with van der Waals surface area (Å²) in [5.74, 6) is 0.279. The van der Waals surface area contributed by atoms with E-state index in [-0.39, 0.29) is 17.4 Å². The number of nitrogens with zero attached hydrogens (tertiary/aromatic N) is 1. The van der Waals surface area contributed by atoms with Gasteiger partial charge in [0.05, 0.1) is 0 Å². The molecule has 1 heterocycles. The van der Waals surface area contributed by atoms with Crippen LogP contribution in [-0.4, -0.2) is 9.67 Å². The Bertz CT molecular complexity index is 419. The molecule has 3 nitrogen and oxygen atoms in total. The minimum Gasteiger partial charge on any atom is -0.494 e. The Morgan fingerprint density at radius 1 is 1.44 bits per heavy atom. The van der Waals surface area contributed by atoms with Crippen LogP contribution >= 0.6 is 0 Å². The highest BCUT2D eigenvalue weighted by Crippen LogP contribution is 2.19. The molecule has 1 aromatic rings. The first-order valence-corrected chi connectivity index (χ1v) is 5.92. The van der Waals surface area contributed by atoms with Crippen molar-refractivity contribution >= 4 is 0 Å². The van der Waals surface area contributed by atoms with Gasteiger partial charge in [0.25, 0.3) is 5.56 Å². The smallest absolute Gasteiger partial charge is 0.257 e. The summed E-state index contributed by atoms with van der Waals surface area (Å²) in [6.07, 6.45) is 1.92. The summed E-state index contributed by atoms with van der Waals surface area (Å²) >= 11 is 0. The summed E-state index contributed by atoms with van der Waals surface area (Å²) in [6, 6.07) is 1.69. The summed E-state index contributed by atoms with van der Waals surface area (Å²) in [5.41, 5.74) is 1.65. The van der Waals surface area contributed by atoms with E-state index in [1.54, 1.807) is 6.07 Å². The fourth-order valence-electron chi connectivity index (χ4n) is 2.00. The number of pyridine rings is 1. The number of unbranched alkanes of at least 4 members (excludes halogenated alkanes) is 1. The second kappa shape index (κ2) is 5.19. The third kappa shape index (κ3) is 2.46. The van der Waals surface area contributed by atoms with Crippen LogP contribution < -0.4 is 5.56 Å². The quantitative estimate of drug-likeness (QED) is 0.852. The minimum absolute atomic E-state index is 0.0408. The first kappa shape index (κ1) is 12.8. The van der Waals surface area contributed by atoms with Gasteiger partial charge in [-0.2, -0.15) is 0 Å². The zero-order valence-corrected chi connectivity index (χ0v) is 10.6. The van der Waals surface area contributed by atoms with Crippen LogP contribution in [0.3, 0.4) is 0 Å². The SMILES string of the molecule is CCCCn1c(O)cc(C)c(C(C)C)c1=O. The van der Waals surface area contributed by atoms with Crippen molar-refractivity contribution in [2.24, 2.45) is 0 Å². The number of aromatic hydroxyl groups is 1. The molecular weight excluding hydrogens is 202 g/mol. The maximum Gasteiger partial charge on any atom is 0.257 e. The molecule has 0 unspecified atom stereocenters. The number of rotatable bonds is 4. The standard InChI is InChI=1S/C13H21NO2/c1-5-6-7-14-11(15)8-10(4)12(9(2)3)13(14)16/h8-9,15H,5-7H2,1-4H3. The average molecular weight is 223 g/mol. The average Bonchev–Trinajstić information content (AvgIpc) is 2.16. The largest absolute Gasteiger partial charge is 0.494 e. The molecule has 0 saturated carbocycles. The van der Waals surface area contributed by atoms with Gasteiger partial charge in [0.15, 0.2) is 5.88 Å².